The highest BCUT2D eigenvalue weighted by atomic mass is 35.5. The number of morpholine rings is 1. The smallest absolute Gasteiger partial charge is 0.325 e. The van der Waals surface area contributed by atoms with Gasteiger partial charge < -0.3 is 9.47 Å². The molecule has 1 aromatic rings. The molecule has 1 unspecified atom stereocenters. The third-order valence-electron chi connectivity index (χ3n) is 2.89. The van der Waals surface area contributed by atoms with Crippen LogP contribution < -0.4 is 0 Å². The van der Waals surface area contributed by atoms with Gasteiger partial charge in [-0.05, 0) is 11.6 Å². The minimum absolute atomic E-state index is 0.267. The van der Waals surface area contributed by atoms with Crippen LogP contribution in [0.5, 0.6) is 0 Å². The van der Waals surface area contributed by atoms with Crippen molar-refractivity contribution in [3.8, 4) is 0 Å². The summed E-state index contributed by atoms with van der Waals surface area (Å²) in [5, 5.41) is 0.463. The van der Waals surface area contributed by atoms with Crippen LogP contribution in [-0.4, -0.2) is 48.8 Å². The summed E-state index contributed by atoms with van der Waals surface area (Å²) >= 11 is 5.74. The Morgan fingerprint density at radius 2 is 2.50 bits per heavy atom. The number of esters is 1. The van der Waals surface area contributed by atoms with Crippen LogP contribution in [0.4, 0.5) is 0 Å². The highest BCUT2D eigenvalue weighted by Gasteiger charge is 2.30. The van der Waals surface area contributed by atoms with E-state index >= 15 is 0 Å². The average molecular weight is 271 g/mol. The van der Waals surface area contributed by atoms with Crippen molar-refractivity contribution >= 4 is 17.6 Å². The molecule has 98 valence electrons. The zero-order chi connectivity index (χ0) is 13.0. The van der Waals surface area contributed by atoms with Crippen molar-refractivity contribution < 1.29 is 14.3 Å². The Morgan fingerprint density at radius 1 is 1.67 bits per heavy atom. The minimum Gasteiger partial charge on any atom is -0.468 e. The predicted octanol–water partition coefficient (Wildman–Crippen LogP) is 1.11. The van der Waals surface area contributed by atoms with Gasteiger partial charge in [-0.15, -0.1) is 0 Å². The maximum atomic E-state index is 11.6. The maximum Gasteiger partial charge on any atom is 0.325 e. The zero-order valence-corrected chi connectivity index (χ0v) is 10.9. The Balaban J connectivity index is 2.05. The fraction of sp³-hybridized carbons (Fsp3) is 0.500. The van der Waals surface area contributed by atoms with Crippen molar-refractivity contribution in [2.75, 3.05) is 26.9 Å². The molecular weight excluding hydrogens is 256 g/mol. The Labute approximate surface area is 111 Å². The van der Waals surface area contributed by atoms with Crippen molar-refractivity contribution in [2.24, 2.45) is 0 Å². The number of carbonyl (C=O) groups is 1. The lowest BCUT2D eigenvalue weighted by atomic mass is 10.2. The maximum absolute atomic E-state index is 11.6. The summed E-state index contributed by atoms with van der Waals surface area (Å²) in [6.45, 7) is 2.32. The van der Waals surface area contributed by atoms with Gasteiger partial charge in [-0.2, -0.15) is 0 Å². The van der Waals surface area contributed by atoms with Crippen LogP contribution in [0.25, 0.3) is 0 Å². The van der Waals surface area contributed by atoms with Gasteiger partial charge in [-0.25, -0.2) is 4.98 Å². The van der Waals surface area contributed by atoms with E-state index in [1.807, 2.05) is 11.0 Å². The third kappa shape index (κ3) is 3.19. The first-order valence-electron chi connectivity index (χ1n) is 5.71. The average Bonchev–Trinajstić information content (AvgIpc) is 2.41. The molecule has 0 radical (unpaired) electrons. The molecule has 0 aliphatic carbocycles. The monoisotopic (exact) mass is 270 g/mol. The standard InChI is InChI=1S/C12H15ClN2O3/c1-17-12(16)10-8-18-5-4-15(10)7-9-2-3-11(13)14-6-9/h2-3,6,10H,4-5,7-8H2,1H3. The van der Waals surface area contributed by atoms with Gasteiger partial charge in [0.2, 0.25) is 0 Å². The summed E-state index contributed by atoms with van der Waals surface area (Å²) in [7, 11) is 1.39. The van der Waals surface area contributed by atoms with Gasteiger partial charge in [-0.3, -0.25) is 9.69 Å². The van der Waals surface area contributed by atoms with E-state index in [4.69, 9.17) is 21.1 Å². The zero-order valence-electron chi connectivity index (χ0n) is 10.1. The van der Waals surface area contributed by atoms with E-state index in [9.17, 15) is 4.79 Å². The van der Waals surface area contributed by atoms with Gasteiger partial charge in [0.1, 0.15) is 11.2 Å². The highest BCUT2D eigenvalue weighted by molar-refractivity contribution is 6.29. The first-order chi connectivity index (χ1) is 8.70. The van der Waals surface area contributed by atoms with E-state index in [0.717, 1.165) is 5.56 Å². The molecule has 0 amide bonds. The van der Waals surface area contributed by atoms with Gasteiger partial charge >= 0.3 is 5.97 Å². The van der Waals surface area contributed by atoms with Gasteiger partial charge in [0.05, 0.1) is 20.3 Å². The molecule has 0 bridgehead atoms. The van der Waals surface area contributed by atoms with Crippen LogP contribution in [0.1, 0.15) is 5.56 Å². The summed E-state index contributed by atoms with van der Waals surface area (Å²) in [6, 6.07) is 3.29. The molecule has 1 aromatic heterocycles. The van der Waals surface area contributed by atoms with Crippen LogP contribution in [-0.2, 0) is 20.8 Å². The molecule has 1 aliphatic rings. The quantitative estimate of drug-likeness (QED) is 0.608. The number of pyridine rings is 1. The summed E-state index contributed by atoms with van der Waals surface area (Å²) in [4.78, 5) is 17.7. The molecule has 1 atom stereocenters. The Morgan fingerprint density at radius 3 is 3.17 bits per heavy atom. The molecular formula is C12H15ClN2O3. The molecule has 1 aliphatic heterocycles. The largest absolute Gasteiger partial charge is 0.468 e. The fourth-order valence-electron chi connectivity index (χ4n) is 1.91. The first kappa shape index (κ1) is 13.3. The molecule has 2 rings (SSSR count). The second-order valence-electron chi connectivity index (χ2n) is 4.07. The van der Waals surface area contributed by atoms with Crippen molar-refractivity contribution in [1.82, 2.24) is 9.88 Å². The summed E-state index contributed by atoms with van der Waals surface area (Å²) < 4.78 is 10.1. The Hall–Kier alpha value is -1.17. The second kappa shape index (κ2) is 6.13. The first-order valence-corrected chi connectivity index (χ1v) is 6.08. The van der Waals surface area contributed by atoms with Crippen LogP contribution in [0.3, 0.4) is 0 Å². The van der Waals surface area contributed by atoms with E-state index < -0.39 is 0 Å². The molecule has 6 heteroatoms. The number of aromatic nitrogens is 1. The Kier molecular flexibility index (Phi) is 4.52. The van der Waals surface area contributed by atoms with Crippen LogP contribution in [0, 0.1) is 0 Å². The number of hydrogen-bond donors (Lipinski definition) is 0. The van der Waals surface area contributed by atoms with Crippen molar-refractivity contribution in [3.05, 3.63) is 29.0 Å². The summed E-state index contributed by atoms with van der Waals surface area (Å²) in [6.07, 6.45) is 1.71. The van der Waals surface area contributed by atoms with Crippen LogP contribution in [0.2, 0.25) is 5.15 Å². The number of nitrogens with zero attached hydrogens (tertiary/aromatic N) is 2. The summed E-state index contributed by atoms with van der Waals surface area (Å²) in [5.74, 6) is -0.267. The number of halogens is 1. The molecule has 0 saturated carbocycles. The summed E-state index contributed by atoms with van der Waals surface area (Å²) in [5.41, 5.74) is 1.01. The van der Waals surface area contributed by atoms with Crippen LogP contribution >= 0.6 is 11.6 Å². The van der Waals surface area contributed by atoms with Crippen molar-refractivity contribution in [2.45, 2.75) is 12.6 Å². The number of methoxy groups -OCH3 is 1. The minimum atomic E-state index is -0.348. The molecule has 5 nitrogen and oxygen atoms in total. The number of ether oxygens (including phenoxy) is 2. The lowest BCUT2D eigenvalue weighted by Gasteiger charge is -2.33. The molecule has 0 spiro atoms. The molecule has 0 aromatic carbocycles. The highest BCUT2D eigenvalue weighted by Crippen LogP contribution is 2.14. The van der Waals surface area contributed by atoms with E-state index in [1.165, 1.54) is 7.11 Å². The lowest BCUT2D eigenvalue weighted by Crippen LogP contribution is -2.49. The van der Waals surface area contributed by atoms with Crippen molar-refractivity contribution in [3.63, 3.8) is 0 Å². The SMILES string of the molecule is COC(=O)C1COCCN1Cc1ccc(Cl)nc1. The van der Waals surface area contributed by atoms with E-state index in [1.54, 1.807) is 12.3 Å². The third-order valence-corrected chi connectivity index (χ3v) is 3.11. The molecule has 1 saturated heterocycles. The fourth-order valence-corrected chi connectivity index (χ4v) is 2.03. The van der Waals surface area contributed by atoms with Gasteiger partial charge in [-0.1, -0.05) is 17.7 Å². The molecule has 18 heavy (non-hydrogen) atoms. The molecule has 2 heterocycles. The number of hydrogen-bond acceptors (Lipinski definition) is 5. The van der Waals surface area contributed by atoms with Crippen molar-refractivity contribution in [1.29, 1.82) is 0 Å². The van der Waals surface area contributed by atoms with E-state index in [-0.39, 0.29) is 12.0 Å². The molecule has 0 N–H and O–H groups in total. The van der Waals surface area contributed by atoms with Crippen LogP contribution in [0.15, 0.2) is 18.3 Å². The number of carbonyl (C=O) groups excluding carboxylic acids is 1. The topological polar surface area (TPSA) is 51.7 Å². The second-order valence-corrected chi connectivity index (χ2v) is 4.46. The van der Waals surface area contributed by atoms with Gasteiger partial charge in [0, 0.05) is 19.3 Å². The Bertz CT molecular complexity index is 410. The molecule has 1 fully saturated rings. The van der Waals surface area contributed by atoms with E-state index in [0.29, 0.717) is 31.5 Å². The van der Waals surface area contributed by atoms with Gasteiger partial charge in [0.15, 0.2) is 0 Å². The normalized spacial score (nSPS) is 20.7. The van der Waals surface area contributed by atoms with Gasteiger partial charge in [0.25, 0.3) is 0 Å². The predicted molar refractivity (Wildman–Crippen MR) is 66.3 cm³/mol. The number of rotatable bonds is 3. The lowest BCUT2D eigenvalue weighted by molar-refractivity contribution is -0.153. The van der Waals surface area contributed by atoms with E-state index in [2.05, 4.69) is 4.98 Å².